The van der Waals surface area contributed by atoms with Gasteiger partial charge in [0.2, 0.25) is 11.8 Å². The fourth-order valence-corrected chi connectivity index (χ4v) is 3.27. The van der Waals surface area contributed by atoms with Gasteiger partial charge in [0, 0.05) is 44.3 Å². The van der Waals surface area contributed by atoms with Crippen LogP contribution >= 0.6 is 11.8 Å². The Kier molecular flexibility index (Phi) is 5.01. The summed E-state index contributed by atoms with van der Waals surface area (Å²) in [6, 6.07) is 7.42. The average Bonchev–Trinajstić information content (AvgIpc) is 2.70. The SMILES string of the molecule is CC(=O)Nc1ccc(CN2CC(SC(C)=O)CC2=O)cc1. The Hall–Kier alpha value is -1.82. The molecule has 5 nitrogen and oxygen atoms in total. The smallest absolute Gasteiger partial charge is 0.224 e. The first-order valence-corrected chi connectivity index (χ1v) is 7.63. The summed E-state index contributed by atoms with van der Waals surface area (Å²) in [4.78, 5) is 35.7. The van der Waals surface area contributed by atoms with Crippen LogP contribution in [0.25, 0.3) is 0 Å². The number of thioether (sulfide) groups is 1. The minimum absolute atomic E-state index is 0.0503. The van der Waals surface area contributed by atoms with Gasteiger partial charge in [-0.2, -0.15) is 0 Å². The first-order valence-electron chi connectivity index (χ1n) is 6.75. The molecular formula is C15H18N2O3S. The maximum Gasteiger partial charge on any atom is 0.224 e. The molecule has 1 aromatic carbocycles. The maximum absolute atomic E-state index is 11.9. The highest BCUT2D eigenvalue weighted by Gasteiger charge is 2.30. The Morgan fingerprint density at radius 3 is 2.52 bits per heavy atom. The average molecular weight is 306 g/mol. The van der Waals surface area contributed by atoms with Crippen molar-refractivity contribution in [3.63, 3.8) is 0 Å². The Labute approximate surface area is 128 Å². The van der Waals surface area contributed by atoms with Crippen LogP contribution in [0.2, 0.25) is 0 Å². The van der Waals surface area contributed by atoms with Crippen LogP contribution in [0.4, 0.5) is 5.69 Å². The molecule has 6 heteroatoms. The Morgan fingerprint density at radius 1 is 1.29 bits per heavy atom. The molecule has 1 fully saturated rings. The molecule has 1 aromatic rings. The Bertz CT molecular complexity index is 557. The molecule has 0 radical (unpaired) electrons. The van der Waals surface area contributed by atoms with Crippen molar-refractivity contribution in [1.29, 1.82) is 0 Å². The summed E-state index contributed by atoms with van der Waals surface area (Å²) in [6.45, 7) is 4.13. The second-order valence-corrected chi connectivity index (χ2v) is 6.57. The zero-order chi connectivity index (χ0) is 15.4. The van der Waals surface area contributed by atoms with Gasteiger partial charge in [0.15, 0.2) is 5.12 Å². The summed E-state index contributed by atoms with van der Waals surface area (Å²) in [5, 5.41) is 2.82. The number of anilines is 1. The lowest BCUT2D eigenvalue weighted by Crippen LogP contribution is -2.25. The van der Waals surface area contributed by atoms with E-state index in [2.05, 4.69) is 5.32 Å². The van der Waals surface area contributed by atoms with Crippen molar-refractivity contribution < 1.29 is 14.4 Å². The highest BCUT2D eigenvalue weighted by molar-refractivity contribution is 8.14. The third kappa shape index (κ3) is 4.60. The zero-order valence-electron chi connectivity index (χ0n) is 12.1. The number of carbonyl (C=O) groups excluding carboxylic acids is 3. The third-order valence-electron chi connectivity index (χ3n) is 3.16. The standard InChI is InChI=1S/C15H18N2O3S/c1-10(18)16-13-5-3-12(4-6-13)8-17-9-14(7-15(17)20)21-11(2)19/h3-6,14H,7-9H2,1-2H3,(H,16,18). The molecule has 2 amide bonds. The van der Waals surface area contributed by atoms with Crippen LogP contribution in [-0.2, 0) is 20.9 Å². The normalized spacial score (nSPS) is 17.9. The number of nitrogens with zero attached hydrogens (tertiary/aromatic N) is 1. The van der Waals surface area contributed by atoms with Gasteiger partial charge in [0.1, 0.15) is 0 Å². The topological polar surface area (TPSA) is 66.5 Å². The number of likely N-dealkylation sites (tertiary alicyclic amines) is 1. The number of carbonyl (C=O) groups is 3. The van der Waals surface area contributed by atoms with Crippen molar-refractivity contribution in [2.24, 2.45) is 0 Å². The lowest BCUT2D eigenvalue weighted by Gasteiger charge is -2.16. The lowest BCUT2D eigenvalue weighted by molar-refractivity contribution is -0.128. The summed E-state index contributed by atoms with van der Waals surface area (Å²) >= 11 is 1.24. The lowest BCUT2D eigenvalue weighted by atomic mass is 10.2. The van der Waals surface area contributed by atoms with Crippen molar-refractivity contribution in [1.82, 2.24) is 4.90 Å². The first-order chi connectivity index (χ1) is 9.94. The number of benzene rings is 1. The third-order valence-corrected chi connectivity index (χ3v) is 4.14. The zero-order valence-corrected chi connectivity index (χ0v) is 12.9. The molecule has 0 spiro atoms. The van der Waals surface area contributed by atoms with E-state index < -0.39 is 0 Å². The summed E-state index contributed by atoms with van der Waals surface area (Å²) in [6.07, 6.45) is 0.425. The summed E-state index contributed by atoms with van der Waals surface area (Å²) < 4.78 is 0. The van der Waals surface area contributed by atoms with E-state index in [1.807, 2.05) is 24.3 Å². The van der Waals surface area contributed by atoms with Crippen LogP contribution in [-0.4, -0.2) is 33.6 Å². The van der Waals surface area contributed by atoms with E-state index in [9.17, 15) is 14.4 Å². The Morgan fingerprint density at radius 2 is 1.95 bits per heavy atom. The van der Waals surface area contributed by atoms with Crippen LogP contribution in [0.1, 0.15) is 25.8 Å². The summed E-state index contributed by atoms with van der Waals surface area (Å²) in [7, 11) is 0. The van der Waals surface area contributed by atoms with Crippen molar-refractivity contribution >= 4 is 34.4 Å². The molecule has 1 unspecified atom stereocenters. The van der Waals surface area contributed by atoms with Gasteiger partial charge in [-0.15, -0.1) is 0 Å². The fraction of sp³-hybridized carbons (Fsp3) is 0.400. The van der Waals surface area contributed by atoms with Crippen molar-refractivity contribution in [2.45, 2.75) is 32.1 Å². The van der Waals surface area contributed by atoms with Gasteiger partial charge in [-0.3, -0.25) is 14.4 Å². The first kappa shape index (κ1) is 15.6. The van der Waals surface area contributed by atoms with Gasteiger partial charge in [-0.1, -0.05) is 23.9 Å². The second kappa shape index (κ2) is 6.76. The number of rotatable bonds is 4. The predicted molar refractivity (Wildman–Crippen MR) is 82.8 cm³/mol. The van der Waals surface area contributed by atoms with Crippen molar-refractivity contribution in [3.8, 4) is 0 Å². The molecule has 0 aliphatic carbocycles. The number of nitrogens with one attached hydrogen (secondary N) is 1. The molecule has 1 heterocycles. The van der Waals surface area contributed by atoms with E-state index in [4.69, 9.17) is 0 Å². The largest absolute Gasteiger partial charge is 0.337 e. The van der Waals surface area contributed by atoms with Crippen LogP contribution in [0.5, 0.6) is 0 Å². The van der Waals surface area contributed by atoms with E-state index in [0.717, 1.165) is 11.3 Å². The van der Waals surface area contributed by atoms with E-state index >= 15 is 0 Å². The molecule has 1 aliphatic rings. The van der Waals surface area contributed by atoms with E-state index in [1.165, 1.54) is 25.6 Å². The van der Waals surface area contributed by atoms with Gasteiger partial charge in [0.05, 0.1) is 0 Å². The number of hydrogen-bond acceptors (Lipinski definition) is 4. The molecule has 1 atom stereocenters. The summed E-state index contributed by atoms with van der Waals surface area (Å²) in [5.41, 5.74) is 1.75. The Balaban J connectivity index is 1.94. The molecule has 2 rings (SSSR count). The van der Waals surface area contributed by atoms with E-state index in [1.54, 1.807) is 4.90 Å². The molecule has 1 saturated heterocycles. The monoisotopic (exact) mass is 306 g/mol. The van der Waals surface area contributed by atoms with E-state index in [-0.39, 0.29) is 22.2 Å². The quantitative estimate of drug-likeness (QED) is 0.924. The van der Waals surface area contributed by atoms with Crippen LogP contribution < -0.4 is 5.32 Å². The van der Waals surface area contributed by atoms with Crippen molar-refractivity contribution in [3.05, 3.63) is 29.8 Å². The van der Waals surface area contributed by atoms with Crippen LogP contribution in [0, 0.1) is 0 Å². The highest BCUT2D eigenvalue weighted by Crippen LogP contribution is 2.25. The minimum Gasteiger partial charge on any atom is -0.337 e. The van der Waals surface area contributed by atoms with Crippen molar-refractivity contribution in [2.75, 3.05) is 11.9 Å². The van der Waals surface area contributed by atoms with Gasteiger partial charge >= 0.3 is 0 Å². The molecule has 1 aliphatic heterocycles. The summed E-state index contributed by atoms with van der Waals surface area (Å²) in [5.74, 6) is -0.0266. The van der Waals surface area contributed by atoms with Gasteiger partial charge in [-0.05, 0) is 17.7 Å². The van der Waals surface area contributed by atoms with Crippen LogP contribution in [0.15, 0.2) is 24.3 Å². The highest BCUT2D eigenvalue weighted by atomic mass is 32.2. The number of amides is 2. The second-order valence-electron chi connectivity index (χ2n) is 5.09. The fourth-order valence-electron chi connectivity index (χ4n) is 2.32. The van der Waals surface area contributed by atoms with Gasteiger partial charge < -0.3 is 10.2 Å². The molecule has 21 heavy (non-hydrogen) atoms. The molecule has 0 saturated carbocycles. The molecule has 0 aromatic heterocycles. The molecule has 112 valence electrons. The minimum atomic E-state index is -0.110. The van der Waals surface area contributed by atoms with Crippen LogP contribution in [0.3, 0.4) is 0 Å². The van der Waals surface area contributed by atoms with E-state index in [0.29, 0.717) is 19.5 Å². The molecule has 1 N–H and O–H groups in total. The van der Waals surface area contributed by atoms with Gasteiger partial charge in [-0.25, -0.2) is 0 Å². The molecular weight excluding hydrogens is 288 g/mol. The predicted octanol–water partition coefficient (Wildman–Crippen LogP) is 2.03. The van der Waals surface area contributed by atoms with Gasteiger partial charge in [0.25, 0.3) is 0 Å². The maximum atomic E-state index is 11.9. The number of hydrogen-bond donors (Lipinski definition) is 1. The molecule has 0 bridgehead atoms.